The molecular formula is C16H18FN3O. The SMILES string of the molecule is Fc1ccc2c(c1)N(Cc1cc(CNC3CC3)no1)CC2. The van der Waals surface area contributed by atoms with Crippen LogP contribution in [0.4, 0.5) is 10.1 Å². The van der Waals surface area contributed by atoms with E-state index >= 15 is 0 Å². The number of nitrogens with one attached hydrogen (secondary N) is 1. The maximum Gasteiger partial charge on any atom is 0.156 e. The average Bonchev–Trinajstić information content (AvgIpc) is 3.08. The third-order valence-electron chi connectivity index (χ3n) is 4.14. The number of halogens is 1. The molecule has 1 N–H and O–H groups in total. The number of nitrogens with zero attached hydrogens (tertiary/aromatic N) is 2. The van der Waals surface area contributed by atoms with Crippen molar-refractivity contribution in [1.29, 1.82) is 0 Å². The van der Waals surface area contributed by atoms with Crippen LogP contribution in [0.5, 0.6) is 0 Å². The summed E-state index contributed by atoms with van der Waals surface area (Å²) in [6.45, 7) is 2.31. The molecule has 0 atom stereocenters. The zero-order valence-corrected chi connectivity index (χ0v) is 11.8. The van der Waals surface area contributed by atoms with Crippen LogP contribution in [0.25, 0.3) is 0 Å². The van der Waals surface area contributed by atoms with Crippen LogP contribution >= 0.6 is 0 Å². The second-order valence-corrected chi connectivity index (χ2v) is 5.88. The number of fused-ring (bicyclic) bond motifs is 1. The fraction of sp³-hybridized carbons (Fsp3) is 0.438. The van der Waals surface area contributed by atoms with Gasteiger partial charge in [0, 0.05) is 30.9 Å². The molecule has 1 aromatic carbocycles. The first-order chi connectivity index (χ1) is 10.3. The van der Waals surface area contributed by atoms with Crippen LogP contribution in [0.1, 0.15) is 29.9 Å². The Morgan fingerprint density at radius 1 is 1.33 bits per heavy atom. The van der Waals surface area contributed by atoms with Gasteiger partial charge >= 0.3 is 0 Å². The van der Waals surface area contributed by atoms with Gasteiger partial charge in [-0.3, -0.25) is 0 Å². The van der Waals surface area contributed by atoms with E-state index in [4.69, 9.17) is 4.52 Å². The van der Waals surface area contributed by atoms with E-state index in [1.165, 1.54) is 24.5 Å². The van der Waals surface area contributed by atoms with Crippen LogP contribution in [0.2, 0.25) is 0 Å². The minimum atomic E-state index is -0.187. The van der Waals surface area contributed by atoms with Crippen molar-refractivity contribution >= 4 is 5.69 Å². The minimum absolute atomic E-state index is 0.187. The van der Waals surface area contributed by atoms with Crippen LogP contribution in [-0.4, -0.2) is 17.7 Å². The van der Waals surface area contributed by atoms with Crippen LogP contribution in [-0.2, 0) is 19.5 Å². The highest BCUT2D eigenvalue weighted by Gasteiger charge is 2.22. The smallest absolute Gasteiger partial charge is 0.156 e. The fourth-order valence-electron chi connectivity index (χ4n) is 2.82. The first-order valence-electron chi connectivity index (χ1n) is 7.49. The van der Waals surface area contributed by atoms with Crippen LogP contribution in [0.3, 0.4) is 0 Å². The van der Waals surface area contributed by atoms with E-state index in [0.717, 1.165) is 36.7 Å². The second kappa shape index (κ2) is 5.15. The zero-order valence-electron chi connectivity index (χ0n) is 11.8. The van der Waals surface area contributed by atoms with Gasteiger partial charge in [0.05, 0.1) is 12.2 Å². The monoisotopic (exact) mass is 287 g/mol. The van der Waals surface area contributed by atoms with Crippen molar-refractivity contribution in [3.05, 3.63) is 47.1 Å². The van der Waals surface area contributed by atoms with Gasteiger partial charge in [-0.05, 0) is 37.0 Å². The van der Waals surface area contributed by atoms with Gasteiger partial charge in [-0.25, -0.2) is 4.39 Å². The Morgan fingerprint density at radius 3 is 3.10 bits per heavy atom. The van der Waals surface area contributed by atoms with E-state index in [9.17, 15) is 4.39 Å². The third kappa shape index (κ3) is 2.78. The first-order valence-corrected chi connectivity index (χ1v) is 7.49. The van der Waals surface area contributed by atoms with Crippen molar-refractivity contribution in [2.24, 2.45) is 0 Å². The van der Waals surface area contributed by atoms with Crippen LogP contribution in [0, 0.1) is 5.82 Å². The fourth-order valence-corrected chi connectivity index (χ4v) is 2.82. The van der Waals surface area contributed by atoms with Crippen molar-refractivity contribution in [2.75, 3.05) is 11.4 Å². The van der Waals surface area contributed by atoms with E-state index in [1.54, 1.807) is 6.07 Å². The lowest BCUT2D eigenvalue weighted by Crippen LogP contribution is -2.19. The summed E-state index contributed by atoms with van der Waals surface area (Å²) in [7, 11) is 0. The Labute approximate surface area is 122 Å². The third-order valence-corrected chi connectivity index (χ3v) is 4.14. The van der Waals surface area contributed by atoms with Gasteiger partial charge in [0.25, 0.3) is 0 Å². The summed E-state index contributed by atoms with van der Waals surface area (Å²) in [5, 5.41) is 7.51. The lowest BCUT2D eigenvalue weighted by Gasteiger charge is -2.17. The predicted octanol–water partition coefficient (Wildman–Crippen LogP) is 2.63. The van der Waals surface area contributed by atoms with Gasteiger partial charge in [0.2, 0.25) is 0 Å². The summed E-state index contributed by atoms with van der Waals surface area (Å²) < 4.78 is 18.8. The Morgan fingerprint density at radius 2 is 2.24 bits per heavy atom. The predicted molar refractivity (Wildman–Crippen MR) is 77.5 cm³/mol. The number of rotatable bonds is 5. The molecule has 1 fully saturated rings. The lowest BCUT2D eigenvalue weighted by atomic mass is 10.2. The van der Waals surface area contributed by atoms with Crippen molar-refractivity contribution in [1.82, 2.24) is 10.5 Å². The van der Waals surface area contributed by atoms with E-state index in [0.29, 0.717) is 12.6 Å². The molecule has 21 heavy (non-hydrogen) atoms. The molecule has 0 bridgehead atoms. The average molecular weight is 287 g/mol. The molecule has 0 radical (unpaired) electrons. The van der Waals surface area contributed by atoms with Gasteiger partial charge in [0.15, 0.2) is 5.76 Å². The quantitative estimate of drug-likeness (QED) is 0.918. The second-order valence-electron chi connectivity index (χ2n) is 5.88. The molecule has 2 aromatic rings. The number of anilines is 1. The van der Waals surface area contributed by atoms with Gasteiger partial charge < -0.3 is 14.7 Å². The lowest BCUT2D eigenvalue weighted by molar-refractivity contribution is 0.374. The number of hydrogen-bond donors (Lipinski definition) is 1. The molecular weight excluding hydrogens is 269 g/mol. The summed E-state index contributed by atoms with van der Waals surface area (Å²) in [6, 6.07) is 7.66. The first kappa shape index (κ1) is 12.8. The molecule has 5 heteroatoms. The van der Waals surface area contributed by atoms with Gasteiger partial charge in [-0.1, -0.05) is 11.2 Å². The molecule has 2 heterocycles. The van der Waals surface area contributed by atoms with Crippen molar-refractivity contribution in [3.63, 3.8) is 0 Å². The van der Waals surface area contributed by atoms with Crippen molar-refractivity contribution in [2.45, 2.75) is 38.4 Å². The molecule has 0 saturated heterocycles. The standard InChI is InChI=1S/C16H18FN3O/c17-12-2-1-11-5-6-20(16(11)7-12)10-15-8-14(19-21-15)9-18-13-3-4-13/h1-2,7-8,13,18H,3-6,9-10H2. The summed E-state index contributed by atoms with van der Waals surface area (Å²) in [6.07, 6.45) is 3.49. The van der Waals surface area contributed by atoms with E-state index in [1.807, 2.05) is 12.1 Å². The van der Waals surface area contributed by atoms with E-state index in [2.05, 4.69) is 15.4 Å². The molecule has 4 rings (SSSR count). The molecule has 4 nitrogen and oxygen atoms in total. The largest absolute Gasteiger partial charge is 0.363 e. The van der Waals surface area contributed by atoms with Gasteiger partial charge in [-0.2, -0.15) is 0 Å². The molecule has 0 spiro atoms. The molecule has 1 aromatic heterocycles. The summed E-state index contributed by atoms with van der Waals surface area (Å²) in [5.74, 6) is 0.646. The van der Waals surface area contributed by atoms with Gasteiger partial charge in [-0.15, -0.1) is 0 Å². The highest BCUT2D eigenvalue weighted by atomic mass is 19.1. The molecule has 1 aliphatic carbocycles. The summed E-state index contributed by atoms with van der Waals surface area (Å²) in [5.41, 5.74) is 3.12. The van der Waals surface area contributed by atoms with Crippen LogP contribution < -0.4 is 10.2 Å². The molecule has 110 valence electrons. The van der Waals surface area contributed by atoms with Crippen LogP contribution in [0.15, 0.2) is 28.8 Å². The minimum Gasteiger partial charge on any atom is -0.363 e. The maximum absolute atomic E-state index is 13.4. The molecule has 1 aliphatic heterocycles. The Kier molecular flexibility index (Phi) is 3.15. The van der Waals surface area contributed by atoms with E-state index in [-0.39, 0.29) is 5.82 Å². The molecule has 0 amide bonds. The highest BCUT2D eigenvalue weighted by Crippen LogP contribution is 2.30. The summed E-state index contributed by atoms with van der Waals surface area (Å²) in [4.78, 5) is 2.15. The summed E-state index contributed by atoms with van der Waals surface area (Å²) >= 11 is 0. The maximum atomic E-state index is 13.4. The highest BCUT2D eigenvalue weighted by molar-refractivity contribution is 5.58. The topological polar surface area (TPSA) is 41.3 Å². The normalized spacial score (nSPS) is 17.3. The van der Waals surface area contributed by atoms with E-state index < -0.39 is 0 Å². The van der Waals surface area contributed by atoms with Crippen molar-refractivity contribution < 1.29 is 8.91 Å². The molecule has 1 saturated carbocycles. The Hall–Kier alpha value is -1.88. The van der Waals surface area contributed by atoms with Gasteiger partial charge in [0.1, 0.15) is 5.82 Å². The number of benzene rings is 1. The number of hydrogen-bond acceptors (Lipinski definition) is 4. The molecule has 2 aliphatic rings. The van der Waals surface area contributed by atoms with Crippen molar-refractivity contribution in [3.8, 4) is 0 Å². The number of aromatic nitrogens is 1. The Bertz CT molecular complexity index is 651. The Balaban J connectivity index is 1.43. The molecule has 0 unspecified atom stereocenters. The zero-order chi connectivity index (χ0) is 14.2.